The molecule has 0 saturated carbocycles. The predicted molar refractivity (Wildman–Crippen MR) is 44.5 cm³/mol. The van der Waals surface area contributed by atoms with Gasteiger partial charge in [0.15, 0.2) is 6.29 Å². The van der Waals surface area contributed by atoms with Gasteiger partial charge in [-0.05, 0) is 12.1 Å². The van der Waals surface area contributed by atoms with Gasteiger partial charge in [0.25, 0.3) is 6.43 Å². The molecule has 0 bridgehead atoms. The zero-order valence-electron chi connectivity index (χ0n) is 5.93. The molecular formula is C8H5BrF2O. The van der Waals surface area contributed by atoms with E-state index in [0.29, 0.717) is 10.8 Å². The topological polar surface area (TPSA) is 17.1 Å². The molecule has 0 aliphatic carbocycles. The van der Waals surface area contributed by atoms with Crippen molar-refractivity contribution in [1.82, 2.24) is 0 Å². The second kappa shape index (κ2) is 3.76. The van der Waals surface area contributed by atoms with E-state index in [9.17, 15) is 13.6 Å². The van der Waals surface area contributed by atoms with E-state index >= 15 is 0 Å². The highest BCUT2D eigenvalue weighted by Crippen LogP contribution is 2.23. The average molecular weight is 235 g/mol. The van der Waals surface area contributed by atoms with Gasteiger partial charge in [-0.2, -0.15) is 0 Å². The van der Waals surface area contributed by atoms with Gasteiger partial charge in [-0.15, -0.1) is 0 Å². The first kappa shape index (κ1) is 9.32. The minimum atomic E-state index is -2.53. The highest BCUT2D eigenvalue weighted by Gasteiger charge is 2.08. The SMILES string of the molecule is O=Cc1cc(C(F)F)ccc1Br. The van der Waals surface area contributed by atoms with Crippen molar-refractivity contribution in [3.8, 4) is 0 Å². The van der Waals surface area contributed by atoms with Gasteiger partial charge in [0.2, 0.25) is 0 Å². The molecule has 12 heavy (non-hydrogen) atoms. The van der Waals surface area contributed by atoms with Crippen LogP contribution in [0.1, 0.15) is 22.3 Å². The molecule has 0 N–H and O–H groups in total. The largest absolute Gasteiger partial charge is 0.298 e. The van der Waals surface area contributed by atoms with Crippen LogP contribution in [0.5, 0.6) is 0 Å². The van der Waals surface area contributed by atoms with Crippen molar-refractivity contribution in [3.05, 3.63) is 33.8 Å². The number of halogens is 3. The van der Waals surface area contributed by atoms with Crippen molar-refractivity contribution < 1.29 is 13.6 Å². The van der Waals surface area contributed by atoms with Crippen molar-refractivity contribution in [1.29, 1.82) is 0 Å². The van der Waals surface area contributed by atoms with Gasteiger partial charge in [-0.3, -0.25) is 4.79 Å². The van der Waals surface area contributed by atoms with E-state index in [1.165, 1.54) is 18.2 Å². The molecule has 0 radical (unpaired) electrons. The summed E-state index contributed by atoms with van der Waals surface area (Å²) in [6.07, 6.45) is -1.99. The summed E-state index contributed by atoms with van der Waals surface area (Å²) in [6.45, 7) is 0. The van der Waals surface area contributed by atoms with Crippen LogP contribution in [0.2, 0.25) is 0 Å². The number of hydrogen-bond acceptors (Lipinski definition) is 1. The summed E-state index contributed by atoms with van der Waals surface area (Å²) in [5, 5.41) is 0. The fraction of sp³-hybridized carbons (Fsp3) is 0.125. The Kier molecular flexibility index (Phi) is 2.92. The normalized spacial score (nSPS) is 10.3. The lowest BCUT2D eigenvalue weighted by Crippen LogP contribution is -1.88. The average Bonchev–Trinajstić information content (AvgIpc) is 2.05. The second-order valence-corrected chi connectivity index (χ2v) is 3.05. The standard InChI is InChI=1S/C8H5BrF2O/c9-7-2-1-5(8(10)11)3-6(7)4-12/h1-4,8H. The van der Waals surface area contributed by atoms with Gasteiger partial charge in [-0.25, -0.2) is 8.78 Å². The van der Waals surface area contributed by atoms with Crippen molar-refractivity contribution >= 4 is 22.2 Å². The molecule has 0 fully saturated rings. The molecule has 1 aromatic rings. The number of hydrogen-bond donors (Lipinski definition) is 0. The molecule has 1 nitrogen and oxygen atoms in total. The second-order valence-electron chi connectivity index (χ2n) is 2.20. The van der Waals surface area contributed by atoms with Crippen molar-refractivity contribution in [3.63, 3.8) is 0 Å². The Bertz CT molecular complexity index is 299. The molecule has 0 aromatic heterocycles. The summed E-state index contributed by atoms with van der Waals surface area (Å²) >= 11 is 3.06. The molecular weight excluding hydrogens is 230 g/mol. The van der Waals surface area contributed by atoms with Crippen LogP contribution < -0.4 is 0 Å². The summed E-state index contributed by atoms with van der Waals surface area (Å²) in [5.74, 6) is 0. The van der Waals surface area contributed by atoms with Crippen LogP contribution in [0.4, 0.5) is 8.78 Å². The summed E-state index contributed by atoms with van der Waals surface area (Å²) in [7, 11) is 0. The van der Waals surface area contributed by atoms with Gasteiger partial charge in [0, 0.05) is 15.6 Å². The van der Waals surface area contributed by atoms with Gasteiger partial charge in [0.05, 0.1) is 0 Å². The van der Waals surface area contributed by atoms with Crippen LogP contribution in [0.3, 0.4) is 0 Å². The molecule has 0 aliphatic heterocycles. The van der Waals surface area contributed by atoms with Gasteiger partial charge in [0.1, 0.15) is 0 Å². The zero-order chi connectivity index (χ0) is 9.14. The van der Waals surface area contributed by atoms with Crippen LogP contribution in [-0.4, -0.2) is 6.29 Å². The number of alkyl halides is 2. The lowest BCUT2D eigenvalue weighted by Gasteiger charge is -2.01. The Morgan fingerprint density at radius 3 is 2.58 bits per heavy atom. The van der Waals surface area contributed by atoms with Crippen molar-refractivity contribution in [2.24, 2.45) is 0 Å². The highest BCUT2D eigenvalue weighted by atomic mass is 79.9. The summed E-state index contributed by atoms with van der Waals surface area (Å²) in [6, 6.07) is 3.88. The fourth-order valence-electron chi connectivity index (χ4n) is 0.788. The minimum absolute atomic E-state index is 0.139. The van der Waals surface area contributed by atoms with E-state index in [2.05, 4.69) is 15.9 Å². The lowest BCUT2D eigenvalue weighted by atomic mass is 10.1. The number of rotatable bonds is 2. The van der Waals surface area contributed by atoms with Crippen molar-refractivity contribution in [2.75, 3.05) is 0 Å². The summed E-state index contributed by atoms with van der Waals surface area (Å²) in [5.41, 5.74) is 0.105. The molecule has 64 valence electrons. The van der Waals surface area contributed by atoms with E-state index < -0.39 is 6.43 Å². The number of carbonyl (C=O) groups excluding carboxylic acids is 1. The molecule has 4 heteroatoms. The highest BCUT2D eigenvalue weighted by molar-refractivity contribution is 9.10. The van der Waals surface area contributed by atoms with E-state index in [1.807, 2.05) is 0 Å². The molecule has 0 heterocycles. The van der Waals surface area contributed by atoms with E-state index in [1.54, 1.807) is 0 Å². The Balaban J connectivity index is 3.13. The van der Waals surface area contributed by atoms with Crippen LogP contribution in [0.15, 0.2) is 22.7 Å². The number of aldehydes is 1. The first-order valence-electron chi connectivity index (χ1n) is 3.18. The first-order valence-corrected chi connectivity index (χ1v) is 3.97. The molecule has 0 atom stereocenters. The lowest BCUT2D eigenvalue weighted by molar-refractivity contribution is 0.112. The summed E-state index contributed by atoms with van der Waals surface area (Å²) in [4.78, 5) is 10.3. The Labute approximate surface area is 76.5 Å². The zero-order valence-corrected chi connectivity index (χ0v) is 7.51. The minimum Gasteiger partial charge on any atom is -0.298 e. The smallest absolute Gasteiger partial charge is 0.263 e. The molecule has 1 aromatic carbocycles. The van der Waals surface area contributed by atoms with Crippen LogP contribution in [0, 0.1) is 0 Å². The quantitative estimate of drug-likeness (QED) is 0.719. The maximum absolute atomic E-state index is 12.1. The Morgan fingerprint density at radius 1 is 1.42 bits per heavy atom. The molecule has 0 amide bonds. The molecule has 0 saturated heterocycles. The monoisotopic (exact) mass is 234 g/mol. The van der Waals surface area contributed by atoms with Gasteiger partial charge >= 0.3 is 0 Å². The van der Waals surface area contributed by atoms with Crippen molar-refractivity contribution in [2.45, 2.75) is 6.43 Å². The van der Waals surface area contributed by atoms with E-state index in [-0.39, 0.29) is 11.1 Å². The van der Waals surface area contributed by atoms with E-state index in [4.69, 9.17) is 0 Å². The van der Waals surface area contributed by atoms with Gasteiger partial charge < -0.3 is 0 Å². The van der Waals surface area contributed by atoms with Crippen LogP contribution >= 0.6 is 15.9 Å². The third-order valence-electron chi connectivity index (χ3n) is 1.40. The first-order chi connectivity index (χ1) is 5.65. The van der Waals surface area contributed by atoms with Crippen LogP contribution in [0.25, 0.3) is 0 Å². The molecule has 0 unspecified atom stereocenters. The third kappa shape index (κ3) is 1.88. The van der Waals surface area contributed by atoms with E-state index in [0.717, 1.165) is 0 Å². The number of carbonyl (C=O) groups is 1. The van der Waals surface area contributed by atoms with Gasteiger partial charge in [-0.1, -0.05) is 22.0 Å². The predicted octanol–water partition coefficient (Wildman–Crippen LogP) is 3.20. The molecule has 1 rings (SSSR count). The fourth-order valence-corrected chi connectivity index (χ4v) is 1.13. The van der Waals surface area contributed by atoms with Crippen LogP contribution in [-0.2, 0) is 0 Å². The Morgan fingerprint density at radius 2 is 2.08 bits per heavy atom. The molecule has 0 spiro atoms. The maximum atomic E-state index is 12.1. The Hall–Kier alpha value is -0.770. The maximum Gasteiger partial charge on any atom is 0.263 e. The summed E-state index contributed by atoms with van der Waals surface area (Å²) < 4.78 is 24.7. The molecule has 0 aliphatic rings. The number of benzene rings is 1. The third-order valence-corrected chi connectivity index (χ3v) is 2.12.